The Hall–Kier alpha value is -2.47. The van der Waals surface area contributed by atoms with E-state index in [1.807, 2.05) is 24.1 Å². The van der Waals surface area contributed by atoms with E-state index in [0.29, 0.717) is 12.0 Å². The zero-order valence-corrected chi connectivity index (χ0v) is 15.1. The van der Waals surface area contributed by atoms with Gasteiger partial charge < -0.3 is 5.11 Å². The van der Waals surface area contributed by atoms with Gasteiger partial charge in [0.15, 0.2) is 0 Å². The molecule has 0 amide bonds. The zero-order valence-electron chi connectivity index (χ0n) is 15.1. The maximum atomic E-state index is 13.6. The Morgan fingerprint density at radius 3 is 2.85 bits per heavy atom. The summed E-state index contributed by atoms with van der Waals surface area (Å²) in [6.45, 7) is 2.63. The molecule has 1 aliphatic rings. The van der Waals surface area contributed by atoms with Crippen LogP contribution >= 0.6 is 0 Å². The topological polar surface area (TPSA) is 55.9 Å². The van der Waals surface area contributed by atoms with Crippen LogP contribution in [0.2, 0.25) is 0 Å². The molecular formula is C20H23FN4O. The van der Waals surface area contributed by atoms with Gasteiger partial charge in [0.1, 0.15) is 5.82 Å². The fraction of sp³-hybridized carbons (Fsp3) is 0.400. The minimum Gasteiger partial charge on any atom is -0.389 e. The number of hydrogen-bond acceptors (Lipinski definition) is 3. The second-order valence-electron chi connectivity index (χ2n) is 7.27. The molecule has 0 radical (unpaired) electrons. The van der Waals surface area contributed by atoms with E-state index in [4.69, 9.17) is 0 Å². The van der Waals surface area contributed by atoms with Gasteiger partial charge in [-0.25, -0.2) is 4.39 Å². The molecule has 136 valence electrons. The van der Waals surface area contributed by atoms with Gasteiger partial charge in [-0.05, 0) is 55.0 Å². The number of aromatic nitrogens is 4. The van der Waals surface area contributed by atoms with Gasteiger partial charge in [-0.3, -0.25) is 9.36 Å². The SMILES string of the molecule is C[C@@H](O)c1cc(F)ccc1-c1nn(C)cc1Cc1cnn(CC2CC2)c1. The van der Waals surface area contributed by atoms with Crippen molar-refractivity contribution >= 4 is 0 Å². The molecule has 0 aliphatic heterocycles. The fourth-order valence-electron chi connectivity index (χ4n) is 3.37. The molecule has 2 aromatic heterocycles. The lowest BCUT2D eigenvalue weighted by atomic mass is 9.96. The van der Waals surface area contributed by atoms with E-state index >= 15 is 0 Å². The maximum Gasteiger partial charge on any atom is 0.123 e. The van der Waals surface area contributed by atoms with Crippen LogP contribution in [0.15, 0.2) is 36.8 Å². The van der Waals surface area contributed by atoms with Crippen LogP contribution in [0.1, 0.15) is 42.6 Å². The Morgan fingerprint density at radius 1 is 1.31 bits per heavy atom. The van der Waals surface area contributed by atoms with E-state index in [1.165, 1.54) is 25.0 Å². The summed E-state index contributed by atoms with van der Waals surface area (Å²) in [4.78, 5) is 0. The standard InChI is InChI=1S/C20H23FN4O/c1-13(26)19-8-17(21)5-6-18(19)20-16(12-24(2)23-20)7-15-9-22-25(11-15)10-14-3-4-14/h5-6,8-9,11-14,26H,3-4,7,10H2,1-2H3/t13-/m1/s1. The minimum absolute atomic E-state index is 0.358. The number of halogens is 1. The number of rotatable bonds is 6. The molecule has 0 spiro atoms. The second kappa shape index (κ2) is 6.68. The number of benzene rings is 1. The Balaban J connectivity index is 1.66. The van der Waals surface area contributed by atoms with Gasteiger partial charge in [-0.1, -0.05) is 0 Å². The lowest BCUT2D eigenvalue weighted by Crippen LogP contribution is -2.00. The van der Waals surface area contributed by atoms with Gasteiger partial charge in [0.2, 0.25) is 0 Å². The molecule has 0 bridgehead atoms. The van der Waals surface area contributed by atoms with E-state index in [1.54, 1.807) is 17.7 Å². The fourth-order valence-corrected chi connectivity index (χ4v) is 3.37. The molecule has 3 aromatic rings. The van der Waals surface area contributed by atoms with E-state index in [0.717, 1.165) is 34.8 Å². The number of aliphatic hydroxyl groups is 1. The lowest BCUT2D eigenvalue weighted by molar-refractivity contribution is 0.199. The van der Waals surface area contributed by atoms with Crippen LogP contribution in [-0.4, -0.2) is 24.7 Å². The molecule has 0 saturated heterocycles. The first kappa shape index (κ1) is 17.0. The minimum atomic E-state index is -0.767. The van der Waals surface area contributed by atoms with E-state index in [-0.39, 0.29) is 5.82 Å². The summed E-state index contributed by atoms with van der Waals surface area (Å²) in [6, 6.07) is 4.49. The van der Waals surface area contributed by atoms with Crippen molar-refractivity contribution in [2.45, 2.75) is 38.8 Å². The van der Waals surface area contributed by atoms with Crippen LogP contribution in [0.3, 0.4) is 0 Å². The molecule has 2 heterocycles. The molecule has 6 heteroatoms. The van der Waals surface area contributed by atoms with Crippen LogP contribution in [0, 0.1) is 11.7 Å². The smallest absolute Gasteiger partial charge is 0.123 e. The largest absolute Gasteiger partial charge is 0.389 e. The molecule has 1 atom stereocenters. The van der Waals surface area contributed by atoms with Gasteiger partial charge >= 0.3 is 0 Å². The third kappa shape index (κ3) is 3.55. The first-order chi connectivity index (χ1) is 12.5. The molecule has 4 rings (SSSR count). The highest BCUT2D eigenvalue weighted by Gasteiger charge is 2.22. The lowest BCUT2D eigenvalue weighted by Gasteiger charge is -2.12. The van der Waals surface area contributed by atoms with Crippen molar-refractivity contribution in [2.24, 2.45) is 13.0 Å². The van der Waals surface area contributed by atoms with Gasteiger partial charge in [0.25, 0.3) is 0 Å². The zero-order chi connectivity index (χ0) is 18.3. The van der Waals surface area contributed by atoms with Crippen molar-refractivity contribution in [3.05, 3.63) is 59.3 Å². The van der Waals surface area contributed by atoms with Gasteiger partial charge in [-0.2, -0.15) is 10.2 Å². The van der Waals surface area contributed by atoms with Crippen molar-refractivity contribution in [3.63, 3.8) is 0 Å². The molecule has 5 nitrogen and oxygen atoms in total. The normalized spacial score (nSPS) is 15.4. The van der Waals surface area contributed by atoms with E-state index < -0.39 is 6.10 Å². The third-order valence-electron chi connectivity index (χ3n) is 4.85. The van der Waals surface area contributed by atoms with Crippen molar-refractivity contribution in [1.29, 1.82) is 0 Å². The van der Waals surface area contributed by atoms with Crippen molar-refractivity contribution < 1.29 is 9.50 Å². The number of nitrogens with zero attached hydrogens (tertiary/aromatic N) is 4. The highest BCUT2D eigenvalue weighted by molar-refractivity contribution is 5.67. The second-order valence-corrected chi connectivity index (χ2v) is 7.27. The monoisotopic (exact) mass is 354 g/mol. The summed E-state index contributed by atoms with van der Waals surface area (Å²) in [5.41, 5.74) is 4.25. The van der Waals surface area contributed by atoms with Crippen molar-refractivity contribution in [1.82, 2.24) is 19.6 Å². The first-order valence-corrected chi connectivity index (χ1v) is 9.01. The van der Waals surface area contributed by atoms with Crippen LogP contribution in [0.25, 0.3) is 11.3 Å². The van der Waals surface area contributed by atoms with E-state index in [2.05, 4.69) is 16.4 Å². The maximum absolute atomic E-state index is 13.6. The van der Waals surface area contributed by atoms with Crippen LogP contribution in [-0.2, 0) is 20.0 Å². The Bertz CT molecular complexity index is 924. The molecule has 1 saturated carbocycles. The molecule has 1 fully saturated rings. The van der Waals surface area contributed by atoms with E-state index in [9.17, 15) is 9.50 Å². The number of hydrogen-bond donors (Lipinski definition) is 1. The van der Waals surface area contributed by atoms with Gasteiger partial charge in [0.05, 0.1) is 18.0 Å². The summed E-state index contributed by atoms with van der Waals surface area (Å²) < 4.78 is 17.4. The summed E-state index contributed by atoms with van der Waals surface area (Å²) in [6.07, 6.45) is 8.50. The molecule has 0 unspecified atom stereocenters. The molecule has 1 N–H and O–H groups in total. The molecular weight excluding hydrogens is 331 g/mol. The van der Waals surface area contributed by atoms with Gasteiger partial charge in [-0.15, -0.1) is 0 Å². The van der Waals surface area contributed by atoms with Crippen molar-refractivity contribution in [3.8, 4) is 11.3 Å². The van der Waals surface area contributed by atoms with Crippen molar-refractivity contribution in [2.75, 3.05) is 0 Å². The predicted octanol–water partition coefficient (Wildman–Crippen LogP) is 3.48. The van der Waals surface area contributed by atoms with Crippen LogP contribution < -0.4 is 0 Å². The summed E-state index contributed by atoms with van der Waals surface area (Å²) in [7, 11) is 1.87. The molecule has 26 heavy (non-hydrogen) atoms. The van der Waals surface area contributed by atoms with Gasteiger partial charge in [0, 0.05) is 43.5 Å². The Labute approximate surface area is 152 Å². The average molecular weight is 354 g/mol. The first-order valence-electron chi connectivity index (χ1n) is 9.01. The number of aliphatic hydroxyl groups excluding tert-OH is 1. The Morgan fingerprint density at radius 2 is 2.12 bits per heavy atom. The predicted molar refractivity (Wildman–Crippen MR) is 97.0 cm³/mol. The highest BCUT2D eigenvalue weighted by Crippen LogP contribution is 2.32. The number of aryl methyl sites for hydroxylation is 1. The van der Waals surface area contributed by atoms with Crippen LogP contribution in [0.4, 0.5) is 4.39 Å². The molecule has 1 aromatic carbocycles. The average Bonchev–Trinajstić information content (AvgIpc) is 3.18. The Kier molecular flexibility index (Phi) is 4.36. The third-order valence-corrected chi connectivity index (χ3v) is 4.85. The summed E-state index contributed by atoms with van der Waals surface area (Å²) in [5, 5.41) is 19.1. The quantitative estimate of drug-likeness (QED) is 0.737. The van der Waals surface area contributed by atoms with Crippen LogP contribution in [0.5, 0.6) is 0 Å². The summed E-state index contributed by atoms with van der Waals surface area (Å²) >= 11 is 0. The summed E-state index contributed by atoms with van der Waals surface area (Å²) in [5.74, 6) is 0.424. The highest BCUT2D eigenvalue weighted by atomic mass is 19.1. The molecule has 1 aliphatic carbocycles.